The molecule has 21 heavy (non-hydrogen) atoms. The van der Waals surface area contributed by atoms with E-state index in [0.29, 0.717) is 25.1 Å². The van der Waals surface area contributed by atoms with Crippen LogP contribution in [0, 0.1) is 6.92 Å². The van der Waals surface area contributed by atoms with Crippen LogP contribution in [0.4, 0.5) is 0 Å². The molecule has 1 atom stereocenters. The highest BCUT2D eigenvalue weighted by Crippen LogP contribution is 2.04. The van der Waals surface area contributed by atoms with Crippen LogP contribution in [0.25, 0.3) is 0 Å². The van der Waals surface area contributed by atoms with Crippen molar-refractivity contribution in [3.63, 3.8) is 0 Å². The summed E-state index contributed by atoms with van der Waals surface area (Å²) < 4.78 is 1.63. The highest BCUT2D eigenvalue weighted by Gasteiger charge is 2.19. The van der Waals surface area contributed by atoms with Crippen LogP contribution in [0.3, 0.4) is 0 Å². The summed E-state index contributed by atoms with van der Waals surface area (Å²) in [6, 6.07) is -0.837. The summed E-state index contributed by atoms with van der Waals surface area (Å²) in [7, 11) is 0. The smallest absolute Gasteiger partial charge is 0.326 e. The Morgan fingerprint density at radius 3 is 2.76 bits per heavy atom. The van der Waals surface area contributed by atoms with E-state index in [2.05, 4.69) is 5.32 Å². The maximum absolute atomic E-state index is 11.8. The van der Waals surface area contributed by atoms with E-state index in [0.717, 1.165) is 17.0 Å². The number of amides is 1. The number of aromatic nitrogens is 1. The van der Waals surface area contributed by atoms with E-state index in [1.807, 2.05) is 13.2 Å². The van der Waals surface area contributed by atoms with Gasteiger partial charge in [-0.25, -0.2) is 4.79 Å². The molecule has 6 nitrogen and oxygen atoms in total. The molecule has 1 rings (SSSR count). The van der Waals surface area contributed by atoms with Crippen molar-refractivity contribution in [1.82, 2.24) is 9.88 Å². The summed E-state index contributed by atoms with van der Waals surface area (Å²) in [5, 5.41) is 13.3. The van der Waals surface area contributed by atoms with Gasteiger partial charge < -0.3 is 15.0 Å². The predicted molar refractivity (Wildman–Crippen MR) is 85.1 cm³/mol. The van der Waals surface area contributed by atoms with Crippen molar-refractivity contribution in [1.29, 1.82) is 0 Å². The fourth-order valence-electron chi connectivity index (χ4n) is 1.83. The average Bonchev–Trinajstić information content (AvgIpc) is 2.74. The second-order valence-electron chi connectivity index (χ2n) is 4.64. The molecule has 1 aromatic rings. The lowest BCUT2D eigenvalue weighted by Gasteiger charge is -2.14. The number of carboxylic acids is 1. The van der Waals surface area contributed by atoms with E-state index in [1.165, 1.54) is 0 Å². The fraction of sp³-hybridized carbons (Fsp3) is 0.615. The van der Waals surface area contributed by atoms with Gasteiger partial charge in [-0.1, -0.05) is 11.3 Å². The molecule has 0 aliphatic heterocycles. The van der Waals surface area contributed by atoms with Crippen LogP contribution in [0.5, 0.6) is 0 Å². The Morgan fingerprint density at radius 1 is 1.52 bits per heavy atom. The molecular formula is C13H20N2O4S2. The normalized spacial score (nSPS) is 12.1. The zero-order valence-electron chi connectivity index (χ0n) is 12.1. The molecule has 0 radical (unpaired) electrons. The zero-order valence-corrected chi connectivity index (χ0v) is 13.8. The summed E-state index contributed by atoms with van der Waals surface area (Å²) in [5.41, 5.74) is 0.883. The van der Waals surface area contributed by atoms with Gasteiger partial charge in [-0.3, -0.25) is 9.59 Å². The summed E-state index contributed by atoms with van der Waals surface area (Å²) in [4.78, 5) is 34.2. The molecule has 2 N–H and O–H groups in total. The molecular weight excluding hydrogens is 312 g/mol. The van der Waals surface area contributed by atoms with Crippen LogP contribution in [0.15, 0.2) is 10.2 Å². The van der Waals surface area contributed by atoms with Crippen molar-refractivity contribution >= 4 is 35.0 Å². The Labute approximate surface area is 131 Å². The maximum atomic E-state index is 11.8. The van der Waals surface area contributed by atoms with Crippen molar-refractivity contribution in [2.45, 2.75) is 38.8 Å². The Hall–Kier alpha value is -1.28. The first-order valence-electron chi connectivity index (χ1n) is 6.61. The predicted octanol–water partition coefficient (Wildman–Crippen LogP) is 1.32. The number of hydrogen-bond donors (Lipinski definition) is 2. The third-order valence-electron chi connectivity index (χ3n) is 3.01. The number of thiazole rings is 1. The van der Waals surface area contributed by atoms with Gasteiger partial charge in [-0.2, -0.15) is 11.8 Å². The molecule has 0 bridgehead atoms. The molecule has 0 saturated heterocycles. The van der Waals surface area contributed by atoms with Crippen molar-refractivity contribution in [2.24, 2.45) is 0 Å². The van der Waals surface area contributed by atoms with Crippen molar-refractivity contribution in [3.05, 3.63) is 20.7 Å². The lowest BCUT2D eigenvalue weighted by molar-refractivity contribution is -0.141. The number of carbonyl (C=O) groups is 2. The minimum Gasteiger partial charge on any atom is -0.480 e. The Morgan fingerprint density at radius 2 is 2.24 bits per heavy atom. The average molecular weight is 332 g/mol. The number of hydrogen-bond acceptors (Lipinski definition) is 5. The highest BCUT2D eigenvalue weighted by atomic mass is 32.2. The van der Waals surface area contributed by atoms with Gasteiger partial charge in [0.05, 0.1) is 0 Å². The fourth-order valence-corrected chi connectivity index (χ4v) is 3.06. The number of aliphatic carboxylic acids is 1. The first-order chi connectivity index (χ1) is 9.95. The van der Waals surface area contributed by atoms with Crippen molar-refractivity contribution in [2.75, 3.05) is 12.0 Å². The number of aryl methyl sites for hydroxylation is 1. The van der Waals surface area contributed by atoms with Crippen LogP contribution in [0.1, 0.15) is 25.0 Å². The molecule has 1 aromatic heterocycles. The Kier molecular flexibility index (Phi) is 7.52. The minimum absolute atomic E-state index is 0.0312. The topological polar surface area (TPSA) is 88.4 Å². The molecule has 0 aliphatic rings. The van der Waals surface area contributed by atoms with E-state index >= 15 is 0 Å². The van der Waals surface area contributed by atoms with Crippen LogP contribution in [0.2, 0.25) is 0 Å². The molecule has 0 aliphatic carbocycles. The van der Waals surface area contributed by atoms with Crippen LogP contribution in [-0.4, -0.2) is 39.6 Å². The quantitative estimate of drug-likeness (QED) is 0.712. The van der Waals surface area contributed by atoms with Gasteiger partial charge in [0.1, 0.15) is 6.04 Å². The first kappa shape index (κ1) is 17.8. The number of carboxylic acid groups (broad SMARTS) is 1. The molecule has 0 fully saturated rings. The van der Waals surface area contributed by atoms with Gasteiger partial charge in [-0.15, -0.1) is 0 Å². The SMILES string of the molecule is CSCC[C@@H](NC(=O)CCCn1c(C)csc1=O)C(=O)O. The maximum Gasteiger partial charge on any atom is 0.326 e. The number of nitrogens with one attached hydrogen (secondary N) is 1. The Bertz CT molecular complexity index is 539. The third kappa shape index (κ3) is 5.92. The van der Waals surface area contributed by atoms with Gasteiger partial charge in [-0.05, 0) is 31.8 Å². The largest absolute Gasteiger partial charge is 0.480 e. The van der Waals surface area contributed by atoms with E-state index in [9.17, 15) is 14.4 Å². The number of thioether (sulfide) groups is 1. The molecule has 0 saturated carbocycles. The molecule has 0 aromatic carbocycles. The van der Waals surface area contributed by atoms with E-state index in [-0.39, 0.29) is 17.2 Å². The van der Waals surface area contributed by atoms with E-state index < -0.39 is 12.0 Å². The number of rotatable bonds is 9. The van der Waals surface area contributed by atoms with E-state index in [4.69, 9.17) is 5.11 Å². The summed E-state index contributed by atoms with van der Waals surface area (Å²) in [6.07, 6.45) is 3.02. The highest BCUT2D eigenvalue weighted by molar-refractivity contribution is 7.98. The molecule has 0 unspecified atom stereocenters. The molecule has 8 heteroatoms. The van der Waals surface area contributed by atoms with Crippen LogP contribution < -0.4 is 10.2 Å². The van der Waals surface area contributed by atoms with E-state index in [1.54, 1.807) is 21.7 Å². The summed E-state index contributed by atoms with van der Waals surface area (Å²) in [5.74, 6) is -0.618. The number of carbonyl (C=O) groups excluding carboxylic acids is 1. The van der Waals surface area contributed by atoms with Gasteiger partial charge >= 0.3 is 10.8 Å². The standard InChI is InChI=1S/C13H20N2O4S2/c1-9-8-21-13(19)15(9)6-3-4-11(16)14-10(12(17)18)5-7-20-2/h8,10H,3-7H2,1-2H3,(H,14,16)(H,17,18)/t10-/m1/s1. The molecule has 1 amide bonds. The number of nitrogens with zero attached hydrogens (tertiary/aromatic N) is 1. The zero-order chi connectivity index (χ0) is 15.8. The van der Waals surface area contributed by atoms with Crippen molar-refractivity contribution in [3.8, 4) is 0 Å². The molecule has 0 spiro atoms. The monoisotopic (exact) mass is 332 g/mol. The molecule has 1 heterocycles. The minimum atomic E-state index is -1.01. The molecule has 118 valence electrons. The lowest BCUT2D eigenvalue weighted by atomic mass is 10.2. The summed E-state index contributed by atoms with van der Waals surface area (Å²) in [6.45, 7) is 2.32. The second-order valence-corrected chi connectivity index (χ2v) is 6.44. The van der Waals surface area contributed by atoms with Crippen molar-refractivity contribution < 1.29 is 14.7 Å². The van der Waals surface area contributed by atoms with Gasteiger partial charge in [0.2, 0.25) is 5.91 Å². The summed E-state index contributed by atoms with van der Waals surface area (Å²) >= 11 is 2.68. The first-order valence-corrected chi connectivity index (χ1v) is 8.89. The van der Waals surface area contributed by atoms with Crippen LogP contribution >= 0.6 is 23.1 Å². The lowest BCUT2D eigenvalue weighted by Crippen LogP contribution is -2.41. The Balaban J connectivity index is 2.39. The van der Waals surface area contributed by atoms with Gasteiger partial charge in [0, 0.05) is 24.0 Å². The van der Waals surface area contributed by atoms with Gasteiger partial charge in [0.15, 0.2) is 0 Å². The van der Waals surface area contributed by atoms with Gasteiger partial charge in [0.25, 0.3) is 0 Å². The third-order valence-corrected chi connectivity index (χ3v) is 4.53. The second kappa shape index (κ2) is 8.89. The van der Waals surface area contributed by atoms with Crippen LogP contribution in [-0.2, 0) is 16.1 Å².